The fraction of sp³-hybridized carbons (Fsp3) is 0.448. The van der Waals surface area contributed by atoms with E-state index < -0.39 is 0 Å². The van der Waals surface area contributed by atoms with Gasteiger partial charge in [0.15, 0.2) is 5.78 Å². The maximum Gasteiger partial charge on any atom is 0.219 e. The fourth-order valence-electron chi connectivity index (χ4n) is 4.72. The van der Waals surface area contributed by atoms with Crippen LogP contribution in [0.1, 0.15) is 76.8 Å². The van der Waals surface area contributed by atoms with Gasteiger partial charge in [0.2, 0.25) is 5.91 Å². The van der Waals surface area contributed by atoms with E-state index in [0.29, 0.717) is 42.7 Å². The Bertz CT molecular complexity index is 1010. The molecule has 2 aromatic carbocycles. The van der Waals surface area contributed by atoms with Gasteiger partial charge < -0.3 is 20.1 Å². The zero-order valence-electron chi connectivity index (χ0n) is 21.5. The summed E-state index contributed by atoms with van der Waals surface area (Å²) in [4.78, 5) is 48.5. The molecule has 1 amide bonds. The minimum absolute atomic E-state index is 0.0307. The maximum atomic E-state index is 12.2. The number of aliphatic hydroxyl groups is 1. The minimum Gasteiger partial charge on any atom is -0.400 e. The highest BCUT2D eigenvalue weighted by Gasteiger charge is 2.22. The van der Waals surface area contributed by atoms with Gasteiger partial charge in [-0.1, -0.05) is 18.2 Å². The number of aliphatic hydroxyl groups excluding tert-OH is 1. The van der Waals surface area contributed by atoms with E-state index in [1.54, 1.807) is 14.0 Å². The molecular formula is C29H38N2O5. The molecule has 2 aromatic rings. The molecule has 0 aliphatic carbocycles. The number of hydrogen-bond acceptors (Lipinski definition) is 6. The first kappa shape index (κ1) is 28.9. The molecule has 2 N–H and O–H groups in total. The van der Waals surface area contributed by atoms with E-state index in [1.165, 1.54) is 5.56 Å². The van der Waals surface area contributed by atoms with Gasteiger partial charge in [-0.05, 0) is 80.3 Å². The molecule has 7 heteroatoms. The monoisotopic (exact) mass is 494 g/mol. The predicted molar refractivity (Wildman–Crippen MR) is 142 cm³/mol. The second-order valence-electron chi connectivity index (χ2n) is 9.09. The molecule has 0 radical (unpaired) electrons. The van der Waals surface area contributed by atoms with Crippen LogP contribution in [0.25, 0.3) is 0 Å². The third-order valence-corrected chi connectivity index (χ3v) is 6.87. The first-order valence-electron chi connectivity index (χ1n) is 12.5. The number of carbonyl (C=O) groups excluding carboxylic acids is 4. The SMILES string of the molecule is CNC(=O)CCC(C=O)CCc1cc(C2CCN(c3ccc(C=O)cc3)CC2)ccc1C(C)=O.CO. The molecule has 3 rings (SSSR count). The molecule has 1 heterocycles. The number of anilines is 1. The number of amides is 1. The summed E-state index contributed by atoms with van der Waals surface area (Å²) in [5.41, 5.74) is 4.76. The third-order valence-electron chi connectivity index (χ3n) is 6.87. The number of rotatable bonds is 11. The van der Waals surface area contributed by atoms with Crippen molar-refractivity contribution >= 4 is 30.0 Å². The number of hydrogen-bond donors (Lipinski definition) is 2. The van der Waals surface area contributed by atoms with Crippen LogP contribution in [-0.2, 0) is 16.0 Å². The standard InChI is InChI=1S/C28H34N2O4.CH4O/c1-20(33)27-11-8-24(17-25(27)7-3-21(18-31)6-12-28(34)29-2)23-13-15-30(16-14-23)26-9-4-22(19-32)5-10-26;1-2/h4-5,8-11,17-19,21,23H,3,6-7,12-16H2,1-2H3,(H,29,34);2H,1H3. The first-order chi connectivity index (χ1) is 17.4. The number of carbonyl (C=O) groups is 4. The van der Waals surface area contributed by atoms with Gasteiger partial charge in [-0.3, -0.25) is 14.4 Å². The lowest BCUT2D eigenvalue weighted by molar-refractivity contribution is -0.121. The average Bonchev–Trinajstić information content (AvgIpc) is 2.94. The highest BCUT2D eigenvalue weighted by atomic mass is 16.2. The van der Waals surface area contributed by atoms with Crippen LogP contribution in [0.15, 0.2) is 42.5 Å². The summed E-state index contributed by atoms with van der Waals surface area (Å²) in [5, 5.41) is 9.59. The Hall–Kier alpha value is -3.32. The molecule has 1 aliphatic heterocycles. The average molecular weight is 495 g/mol. The van der Waals surface area contributed by atoms with Gasteiger partial charge in [-0.15, -0.1) is 0 Å². The molecule has 0 aromatic heterocycles. The van der Waals surface area contributed by atoms with Crippen molar-refractivity contribution in [3.63, 3.8) is 0 Å². The van der Waals surface area contributed by atoms with Crippen LogP contribution in [0.2, 0.25) is 0 Å². The summed E-state index contributed by atoms with van der Waals surface area (Å²) in [6, 6.07) is 13.8. The number of aryl methyl sites for hydroxylation is 1. The zero-order valence-corrected chi connectivity index (χ0v) is 21.5. The number of nitrogens with one attached hydrogen (secondary N) is 1. The van der Waals surface area contributed by atoms with Crippen molar-refractivity contribution in [2.45, 2.75) is 51.4 Å². The molecular weight excluding hydrogens is 456 g/mol. The molecule has 194 valence electrons. The second kappa shape index (κ2) is 14.9. The normalized spacial score (nSPS) is 14.3. The highest BCUT2D eigenvalue weighted by Crippen LogP contribution is 2.32. The van der Waals surface area contributed by atoms with Crippen LogP contribution < -0.4 is 10.2 Å². The largest absolute Gasteiger partial charge is 0.400 e. The Morgan fingerprint density at radius 2 is 1.72 bits per heavy atom. The topological polar surface area (TPSA) is 104 Å². The lowest BCUT2D eigenvalue weighted by Crippen LogP contribution is -2.32. The van der Waals surface area contributed by atoms with Gasteiger partial charge in [0, 0.05) is 56.4 Å². The molecule has 36 heavy (non-hydrogen) atoms. The van der Waals surface area contributed by atoms with Crippen LogP contribution in [0.3, 0.4) is 0 Å². The van der Waals surface area contributed by atoms with E-state index in [0.717, 1.165) is 56.9 Å². The first-order valence-corrected chi connectivity index (χ1v) is 12.5. The Morgan fingerprint density at radius 1 is 1.06 bits per heavy atom. The van der Waals surface area contributed by atoms with Gasteiger partial charge in [0.25, 0.3) is 0 Å². The van der Waals surface area contributed by atoms with Crippen molar-refractivity contribution in [3.05, 3.63) is 64.7 Å². The third kappa shape index (κ3) is 8.12. The van der Waals surface area contributed by atoms with Crippen molar-refractivity contribution in [3.8, 4) is 0 Å². The number of Topliss-reactive ketones (excluding diaryl/α,β-unsaturated/α-hetero) is 1. The molecule has 0 saturated carbocycles. The highest BCUT2D eigenvalue weighted by molar-refractivity contribution is 5.95. The Morgan fingerprint density at radius 3 is 2.28 bits per heavy atom. The Balaban J connectivity index is 0.00000222. The van der Waals surface area contributed by atoms with Gasteiger partial charge in [-0.2, -0.15) is 0 Å². The van der Waals surface area contributed by atoms with Crippen LogP contribution >= 0.6 is 0 Å². The number of nitrogens with zero attached hydrogens (tertiary/aromatic N) is 1. The fourth-order valence-corrected chi connectivity index (χ4v) is 4.72. The van der Waals surface area contributed by atoms with Crippen molar-refractivity contribution < 1.29 is 24.3 Å². The van der Waals surface area contributed by atoms with Gasteiger partial charge in [0.05, 0.1) is 0 Å². The van der Waals surface area contributed by atoms with Crippen molar-refractivity contribution in [2.75, 3.05) is 32.1 Å². The number of benzene rings is 2. The number of aldehydes is 2. The Kier molecular flexibility index (Phi) is 12.0. The molecule has 0 bridgehead atoms. The molecule has 1 atom stereocenters. The lowest BCUT2D eigenvalue weighted by atomic mass is 9.85. The van der Waals surface area contributed by atoms with E-state index in [2.05, 4.69) is 22.3 Å². The van der Waals surface area contributed by atoms with Gasteiger partial charge in [-0.25, -0.2) is 0 Å². The molecule has 1 unspecified atom stereocenters. The molecule has 1 aliphatic rings. The summed E-state index contributed by atoms with van der Waals surface area (Å²) >= 11 is 0. The molecule has 0 spiro atoms. The van der Waals surface area contributed by atoms with E-state index >= 15 is 0 Å². The predicted octanol–water partition coefficient (Wildman–Crippen LogP) is 3.97. The smallest absolute Gasteiger partial charge is 0.219 e. The molecule has 1 saturated heterocycles. The summed E-state index contributed by atoms with van der Waals surface area (Å²) in [5.74, 6) is 0.183. The van der Waals surface area contributed by atoms with E-state index in [4.69, 9.17) is 5.11 Å². The lowest BCUT2D eigenvalue weighted by Gasteiger charge is -2.34. The van der Waals surface area contributed by atoms with Crippen LogP contribution in [0, 0.1) is 5.92 Å². The number of piperidine rings is 1. The van der Waals surface area contributed by atoms with E-state index in [-0.39, 0.29) is 17.6 Å². The second-order valence-corrected chi connectivity index (χ2v) is 9.09. The maximum absolute atomic E-state index is 12.2. The van der Waals surface area contributed by atoms with Crippen molar-refractivity contribution in [2.24, 2.45) is 5.92 Å². The van der Waals surface area contributed by atoms with Crippen molar-refractivity contribution in [1.82, 2.24) is 5.32 Å². The van der Waals surface area contributed by atoms with Gasteiger partial charge >= 0.3 is 0 Å². The van der Waals surface area contributed by atoms with Crippen LogP contribution in [-0.4, -0.2) is 56.6 Å². The minimum atomic E-state index is -0.199. The molecule has 1 fully saturated rings. The summed E-state index contributed by atoms with van der Waals surface area (Å²) in [6.45, 7) is 3.44. The summed E-state index contributed by atoms with van der Waals surface area (Å²) < 4.78 is 0. The number of ketones is 1. The van der Waals surface area contributed by atoms with Crippen LogP contribution in [0.5, 0.6) is 0 Å². The zero-order chi connectivity index (χ0) is 26.5. The van der Waals surface area contributed by atoms with E-state index in [1.807, 2.05) is 30.3 Å². The van der Waals surface area contributed by atoms with Gasteiger partial charge in [0.1, 0.15) is 12.6 Å². The summed E-state index contributed by atoms with van der Waals surface area (Å²) in [7, 11) is 2.59. The van der Waals surface area contributed by atoms with E-state index in [9.17, 15) is 19.2 Å². The Labute approximate surface area is 213 Å². The quantitative estimate of drug-likeness (QED) is 0.362. The summed E-state index contributed by atoms with van der Waals surface area (Å²) in [6.07, 6.45) is 5.92. The van der Waals surface area contributed by atoms with Crippen molar-refractivity contribution in [1.29, 1.82) is 0 Å². The van der Waals surface area contributed by atoms with Crippen LogP contribution in [0.4, 0.5) is 5.69 Å². The molecule has 7 nitrogen and oxygen atoms in total.